The molecular formula is C14H24N2O3. The number of anilines is 1. The Hall–Kier alpha value is -1.33. The van der Waals surface area contributed by atoms with E-state index in [0.717, 1.165) is 25.2 Å². The molecular weight excluding hydrogens is 244 g/mol. The van der Waals surface area contributed by atoms with Gasteiger partial charge in [-0.05, 0) is 12.5 Å². The molecule has 1 rings (SSSR count). The van der Waals surface area contributed by atoms with Crippen LogP contribution in [-0.4, -0.2) is 45.1 Å². The van der Waals surface area contributed by atoms with E-state index in [2.05, 4.69) is 17.2 Å². The van der Waals surface area contributed by atoms with Crippen LogP contribution in [0, 0.1) is 0 Å². The van der Waals surface area contributed by atoms with Crippen molar-refractivity contribution in [2.45, 2.75) is 19.8 Å². The zero-order valence-electron chi connectivity index (χ0n) is 11.9. The van der Waals surface area contributed by atoms with Gasteiger partial charge >= 0.3 is 0 Å². The van der Waals surface area contributed by atoms with Crippen LogP contribution >= 0.6 is 0 Å². The predicted octanol–water partition coefficient (Wildman–Crippen LogP) is 2.34. The summed E-state index contributed by atoms with van der Waals surface area (Å²) in [5, 5.41) is 3.23. The van der Waals surface area contributed by atoms with Gasteiger partial charge in [0.25, 0.3) is 0 Å². The molecule has 0 bridgehead atoms. The molecule has 1 aromatic heterocycles. The van der Waals surface area contributed by atoms with E-state index in [-0.39, 0.29) is 0 Å². The predicted molar refractivity (Wildman–Crippen MR) is 75.8 cm³/mol. The lowest BCUT2D eigenvalue weighted by Crippen LogP contribution is -2.08. The maximum absolute atomic E-state index is 5.57. The molecule has 5 heteroatoms. The van der Waals surface area contributed by atoms with Crippen LogP contribution in [0.1, 0.15) is 19.8 Å². The summed E-state index contributed by atoms with van der Waals surface area (Å²) in [5.74, 6) is 1.51. The Balaban J connectivity index is 2.14. The lowest BCUT2D eigenvalue weighted by atomic mass is 10.4. The first kappa shape index (κ1) is 15.7. The van der Waals surface area contributed by atoms with Gasteiger partial charge in [0.15, 0.2) is 0 Å². The molecule has 0 fully saturated rings. The Morgan fingerprint density at radius 1 is 1.16 bits per heavy atom. The molecule has 0 spiro atoms. The highest BCUT2D eigenvalue weighted by atomic mass is 16.5. The quantitative estimate of drug-likeness (QED) is 0.624. The minimum absolute atomic E-state index is 0.608. The Kier molecular flexibility index (Phi) is 8.76. The topological polar surface area (TPSA) is 52.6 Å². The Morgan fingerprint density at radius 2 is 2.05 bits per heavy atom. The van der Waals surface area contributed by atoms with Crippen LogP contribution < -0.4 is 10.1 Å². The first-order valence-electron chi connectivity index (χ1n) is 6.77. The molecule has 0 aliphatic heterocycles. The highest BCUT2D eigenvalue weighted by Crippen LogP contribution is 2.11. The number of hydrogen-bond donors (Lipinski definition) is 1. The zero-order chi connectivity index (χ0) is 13.8. The van der Waals surface area contributed by atoms with Gasteiger partial charge in [-0.2, -0.15) is 4.98 Å². The fourth-order valence-corrected chi connectivity index (χ4v) is 1.43. The first-order valence-corrected chi connectivity index (χ1v) is 6.77. The van der Waals surface area contributed by atoms with E-state index in [1.165, 1.54) is 0 Å². The van der Waals surface area contributed by atoms with E-state index in [4.69, 9.17) is 14.2 Å². The van der Waals surface area contributed by atoms with Crippen molar-refractivity contribution in [3.8, 4) is 5.88 Å². The highest BCUT2D eigenvalue weighted by molar-refractivity contribution is 5.36. The summed E-state index contributed by atoms with van der Waals surface area (Å²) in [6, 6.07) is 5.74. The second-order valence-electron chi connectivity index (χ2n) is 4.10. The molecule has 1 heterocycles. The molecule has 108 valence electrons. The van der Waals surface area contributed by atoms with Crippen LogP contribution in [0.2, 0.25) is 0 Å². The van der Waals surface area contributed by atoms with Crippen molar-refractivity contribution >= 4 is 5.82 Å². The molecule has 0 amide bonds. The monoisotopic (exact) mass is 268 g/mol. The molecule has 1 aromatic rings. The molecule has 0 saturated heterocycles. The van der Waals surface area contributed by atoms with E-state index < -0.39 is 0 Å². The molecule has 0 atom stereocenters. The van der Waals surface area contributed by atoms with E-state index in [1.54, 1.807) is 7.11 Å². The van der Waals surface area contributed by atoms with Crippen LogP contribution in [-0.2, 0) is 9.47 Å². The van der Waals surface area contributed by atoms with E-state index in [1.807, 2.05) is 18.2 Å². The summed E-state index contributed by atoms with van der Waals surface area (Å²) in [6.45, 7) is 5.59. The van der Waals surface area contributed by atoms with Gasteiger partial charge in [-0.15, -0.1) is 0 Å². The number of ether oxygens (including phenoxy) is 3. The molecule has 0 aliphatic rings. The van der Waals surface area contributed by atoms with E-state index >= 15 is 0 Å². The number of nitrogens with zero attached hydrogens (tertiary/aromatic N) is 1. The van der Waals surface area contributed by atoms with Crippen molar-refractivity contribution in [2.75, 3.05) is 45.4 Å². The summed E-state index contributed by atoms with van der Waals surface area (Å²) in [7, 11) is 1.66. The fraction of sp³-hybridized carbons (Fsp3) is 0.643. The molecule has 0 aromatic carbocycles. The molecule has 0 saturated carbocycles. The van der Waals surface area contributed by atoms with Gasteiger partial charge in [-0.1, -0.05) is 13.0 Å². The normalized spacial score (nSPS) is 10.4. The number of hydrogen-bond acceptors (Lipinski definition) is 5. The standard InChI is InChI=1S/C14H24N2O3/c1-3-8-15-13-6-4-7-14(16-13)19-10-5-9-18-12-11-17-2/h4,6-7H,3,5,8-12H2,1-2H3,(H,15,16). The van der Waals surface area contributed by atoms with Crippen LogP contribution in [0.3, 0.4) is 0 Å². The van der Waals surface area contributed by atoms with Crippen molar-refractivity contribution in [1.29, 1.82) is 0 Å². The van der Waals surface area contributed by atoms with Gasteiger partial charge in [0.05, 0.1) is 19.8 Å². The second-order valence-corrected chi connectivity index (χ2v) is 4.10. The molecule has 19 heavy (non-hydrogen) atoms. The van der Waals surface area contributed by atoms with Crippen molar-refractivity contribution in [3.63, 3.8) is 0 Å². The largest absolute Gasteiger partial charge is 0.478 e. The van der Waals surface area contributed by atoms with Crippen molar-refractivity contribution in [3.05, 3.63) is 18.2 Å². The minimum atomic E-state index is 0.608. The summed E-state index contributed by atoms with van der Waals surface area (Å²) >= 11 is 0. The van der Waals surface area contributed by atoms with Crippen LogP contribution in [0.4, 0.5) is 5.82 Å². The molecule has 1 N–H and O–H groups in total. The van der Waals surface area contributed by atoms with Crippen molar-refractivity contribution in [2.24, 2.45) is 0 Å². The van der Waals surface area contributed by atoms with Crippen molar-refractivity contribution in [1.82, 2.24) is 4.98 Å². The van der Waals surface area contributed by atoms with Crippen LogP contribution in [0.5, 0.6) is 5.88 Å². The third-order valence-electron chi connectivity index (χ3n) is 2.39. The highest BCUT2D eigenvalue weighted by Gasteiger charge is 1.98. The summed E-state index contributed by atoms with van der Waals surface area (Å²) < 4.78 is 15.8. The molecule has 0 unspecified atom stereocenters. The second kappa shape index (κ2) is 10.6. The Bertz CT molecular complexity index is 334. The van der Waals surface area contributed by atoms with Gasteiger partial charge in [0.1, 0.15) is 5.82 Å². The summed E-state index contributed by atoms with van der Waals surface area (Å²) in [6.07, 6.45) is 1.92. The Morgan fingerprint density at radius 3 is 2.84 bits per heavy atom. The van der Waals surface area contributed by atoms with Crippen molar-refractivity contribution < 1.29 is 14.2 Å². The van der Waals surface area contributed by atoms with E-state index in [9.17, 15) is 0 Å². The van der Waals surface area contributed by atoms with Gasteiger partial charge in [0.2, 0.25) is 5.88 Å². The van der Waals surface area contributed by atoms with Gasteiger partial charge < -0.3 is 19.5 Å². The number of pyridine rings is 1. The third-order valence-corrected chi connectivity index (χ3v) is 2.39. The summed E-state index contributed by atoms with van der Waals surface area (Å²) in [5.41, 5.74) is 0. The number of nitrogens with one attached hydrogen (secondary N) is 1. The fourth-order valence-electron chi connectivity index (χ4n) is 1.43. The molecule has 5 nitrogen and oxygen atoms in total. The maximum Gasteiger partial charge on any atom is 0.215 e. The summed E-state index contributed by atoms with van der Waals surface area (Å²) in [4.78, 5) is 4.36. The molecule has 0 aliphatic carbocycles. The first-order chi connectivity index (χ1) is 9.36. The van der Waals surface area contributed by atoms with E-state index in [0.29, 0.717) is 32.3 Å². The lowest BCUT2D eigenvalue weighted by molar-refractivity contribution is 0.0642. The van der Waals surface area contributed by atoms with Crippen LogP contribution in [0.25, 0.3) is 0 Å². The Labute approximate surface area is 115 Å². The number of aromatic nitrogens is 1. The average Bonchev–Trinajstić information content (AvgIpc) is 2.44. The third kappa shape index (κ3) is 7.64. The average molecular weight is 268 g/mol. The minimum Gasteiger partial charge on any atom is -0.478 e. The van der Waals surface area contributed by atoms with Crippen LogP contribution in [0.15, 0.2) is 18.2 Å². The molecule has 0 radical (unpaired) electrons. The van der Waals surface area contributed by atoms with Gasteiger partial charge in [0, 0.05) is 32.7 Å². The smallest absolute Gasteiger partial charge is 0.215 e. The number of rotatable bonds is 11. The lowest BCUT2D eigenvalue weighted by Gasteiger charge is -2.08. The van der Waals surface area contributed by atoms with Gasteiger partial charge in [-0.25, -0.2) is 0 Å². The maximum atomic E-state index is 5.57. The van der Waals surface area contributed by atoms with Gasteiger partial charge in [-0.3, -0.25) is 0 Å². The number of methoxy groups -OCH3 is 1. The SMILES string of the molecule is CCCNc1cccc(OCCCOCCOC)n1. The zero-order valence-corrected chi connectivity index (χ0v) is 11.9.